The molecular formula is C17H18ClN3. The summed E-state index contributed by atoms with van der Waals surface area (Å²) in [5.41, 5.74) is 10.0. The summed E-state index contributed by atoms with van der Waals surface area (Å²) in [5.74, 6) is 0. The van der Waals surface area contributed by atoms with Crippen LogP contribution in [-0.4, -0.2) is 19.1 Å². The Kier molecular flexibility index (Phi) is 4.85. The minimum Gasteiger partial charge on any atom is -0.369 e. The Labute approximate surface area is 131 Å². The van der Waals surface area contributed by atoms with E-state index >= 15 is 0 Å². The number of hydrogen-bond donors (Lipinski definition) is 1. The molecule has 0 amide bonds. The van der Waals surface area contributed by atoms with Crippen LogP contribution in [0.3, 0.4) is 0 Å². The van der Waals surface area contributed by atoms with Crippen LogP contribution in [0.25, 0.3) is 11.1 Å². The highest BCUT2D eigenvalue weighted by atomic mass is 35.5. The number of anilines is 1. The van der Waals surface area contributed by atoms with Gasteiger partial charge in [0.1, 0.15) is 6.07 Å². The summed E-state index contributed by atoms with van der Waals surface area (Å²) in [7, 11) is 0. The van der Waals surface area contributed by atoms with Crippen molar-refractivity contribution in [2.24, 2.45) is 5.73 Å². The summed E-state index contributed by atoms with van der Waals surface area (Å²) < 4.78 is 0. The molecule has 2 aromatic rings. The Bertz CT molecular complexity index is 649. The van der Waals surface area contributed by atoms with E-state index in [9.17, 15) is 5.26 Å². The monoisotopic (exact) mass is 299 g/mol. The van der Waals surface area contributed by atoms with Crippen LogP contribution in [-0.2, 0) is 0 Å². The van der Waals surface area contributed by atoms with Crippen LogP contribution in [0, 0.1) is 11.3 Å². The standard InChI is InChI=1S/C17H17N3.ClH/c18-11-15-7-6-14(13-4-2-1-3-5-13)10-17(15)20-9-8-16(19)12-20;/h1-7,10,16H,8-9,12,19H2;1H. The maximum Gasteiger partial charge on any atom is 0.101 e. The van der Waals surface area contributed by atoms with Gasteiger partial charge in [-0.15, -0.1) is 12.4 Å². The van der Waals surface area contributed by atoms with E-state index in [1.165, 1.54) is 5.56 Å². The smallest absolute Gasteiger partial charge is 0.101 e. The lowest BCUT2D eigenvalue weighted by Gasteiger charge is -2.20. The van der Waals surface area contributed by atoms with Crippen molar-refractivity contribution >= 4 is 18.1 Å². The molecule has 1 aliphatic heterocycles. The summed E-state index contributed by atoms with van der Waals surface area (Å²) >= 11 is 0. The van der Waals surface area contributed by atoms with Gasteiger partial charge in [0.2, 0.25) is 0 Å². The van der Waals surface area contributed by atoms with E-state index in [1.54, 1.807) is 0 Å². The quantitative estimate of drug-likeness (QED) is 0.926. The molecule has 3 nitrogen and oxygen atoms in total. The molecular weight excluding hydrogens is 282 g/mol. The number of rotatable bonds is 2. The summed E-state index contributed by atoms with van der Waals surface area (Å²) in [4.78, 5) is 2.22. The van der Waals surface area contributed by atoms with Crippen LogP contribution >= 0.6 is 12.4 Å². The summed E-state index contributed by atoms with van der Waals surface area (Å²) in [6.45, 7) is 1.75. The molecule has 1 saturated heterocycles. The maximum absolute atomic E-state index is 9.30. The second kappa shape index (κ2) is 6.62. The van der Waals surface area contributed by atoms with Crippen molar-refractivity contribution in [3.8, 4) is 17.2 Å². The van der Waals surface area contributed by atoms with Gasteiger partial charge in [-0.25, -0.2) is 0 Å². The number of benzene rings is 2. The lowest BCUT2D eigenvalue weighted by molar-refractivity contribution is 0.752. The van der Waals surface area contributed by atoms with Crippen molar-refractivity contribution in [1.29, 1.82) is 5.26 Å². The number of nitrogens with two attached hydrogens (primary N) is 1. The van der Waals surface area contributed by atoms with Gasteiger partial charge < -0.3 is 10.6 Å². The van der Waals surface area contributed by atoms with Crippen LogP contribution in [0.1, 0.15) is 12.0 Å². The molecule has 0 radical (unpaired) electrons. The molecule has 108 valence electrons. The molecule has 0 spiro atoms. The van der Waals surface area contributed by atoms with E-state index in [1.807, 2.05) is 30.3 Å². The normalized spacial score (nSPS) is 17.1. The Morgan fingerprint density at radius 3 is 2.48 bits per heavy atom. The zero-order chi connectivity index (χ0) is 13.9. The minimum absolute atomic E-state index is 0. The number of nitrogens with zero attached hydrogens (tertiary/aromatic N) is 2. The summed E-state index contributed by atoms with van der Waals surface area (Å²) in [5, 5.41) is 9.30. The fourth-order valence-corrected chi connectivity index (χ4v) is 2.70. The fraction of sp³-hybridized carbons (Fsp3) is 0.235. The van der Waals surface area contributed by atoms with Crippen molar-refractivity contribution in [2.75, 3.05) is 18.0 Å². The molecule has 1 heterocycles. The van der Waals surface area contributed by atoms with Crippen LogP contribution in [0.5, 0.6) is 0 Å². The van der Waals surface area contributed by atoms with Gasteiger partial charge in [-0.1, -0.05) is 36.4 Å². The zero-order valence-corrected chi connectivity index (χ0v) is 12.5. The van der Waals surface area contributed by atoms with Crippen molar-refractivity contribution in [2.45, 2.75) is 12.5 Å². The van der Waals surface area contributed by atoms with E-state index in [4.69, 9.17) is 5.73 Å². The summed E-state index contributed by atoms with van der Waals surface area (Å²) in [6, 6.07) is 18.7. The highest BCUT2D eigenvalue weighted by molar-refractivity contribution is 5.85. The number of halogens is 1. The van der Waals surface area contributed by atoms with Crippen molar-refractivity contribution in [3.63, 3.8) is 0 Å². The van der Waals surface area contributed by atoms with E-state index in [0.29, 0.717) is 0 Å². The topological polar surface area (TPSA) is 53.0 Å². The van der Waals surface area contributed by atoms with E-state index in [2.05, 4.69) is 29.2 Å². The van der Waals surface area contributed by atoms with Crippen LogP contribution < -0.4 is 10.6 Å². The largest absolute Gasteiger partial charge is 0.369 e. The Morgan fingerprint density at radius 2 is 1.86 bits per heavy atom. The molecule has 1 fully saturated rings. The average Bonchev–Trinajstić information content (AvgIpc) is 2.94. The molecule has 1 aliphatic rings. The number of nitriles is 1. The Hall–Kier alpha value is -2.02. The van der Waals surface area contributed by atoms with Gasteiger partial charge in [0.15, 0.2) is 0 Å². The molecule has 4 heteroatoms. The SMILES string of the molecule is Cl.N#Cc1ccc(-c2ccccc2)cc1N1CCC(N)C1. The van der Waals surface area contributed by atoms with Gasteiger partial charge in [-0.2, -0.15) is 5.26 Å². The van der Waals surface area contributed by atoms with Crippen molar-refractivity contribution in [1.82, 2.24) is 0 Å². The average molecular weight is 300 g/mol. The summed E-state index contributed by atoms with van der Waals surface area (Å²) in [6.07, 6.45) is 0.987. The second-order valence-corrected chi connectivity index (χ2v) is 5.20. The molecule has 1 atom stereocenters. The Balaban J connectivity index is 0.00000161. The third kappa shape index (κ3) is 3.18. The predicted molar refractivity (Wildman–Crippen MR) is 88.6 cm³/mol. The van der Waals surface area contributed by atoms with Gasteiger partial charge in [-0.3, -0.25) is 0 Å². The first-order valence-corrected chi connectivity index (χ1v) is 6.88. The van der Waals surface area contributed by atoms with Crippen LogP contribution in [0.2, 0.25) is 0 Å². The first-order chi connectivity index (χ1) is 9.78. The van der Waals surface area contributed by atoms with E-state index < -0.39 is 0 Å². The third-order valence-electron chi connectivity index (χ3n) is 3.79. The molecule has 21 heavy (non-hydrogen) atoms. The second-order valence-electron chi connectivity index (χ2n) is 5.20. The van der Waals surface area contributed by atoms with E-state index in [-0.39, 0.29) is 18.4 Å². The van der Waals surface area contributed by atoms with Crippen LogP contribution in [0.4, 0.5) is 5.69 Å². The predicted octanol–water partition coefficient (Wildman–Crippen LogP) is 3.18. The fourth-order valence-electron chi connectivity index (χ4n) is 2.70. The molecule has 1 unspecified atom stereocenters. The maximum atomic E-state index is 9.30. The molecule has 0 aromatic heterocycles. The lowest BCUT2D eigenvalue weighted by Crippen LogP contribution is -2.26. The highest BCUT2D eigenvalue weighted by Gasteiger charge is 2.21. The molecule has 2 N–H and O–H groups in total. The van der Waals surface area contributed by atoms with Gasteiger partial charge in [0.05, 0.1) is 11.3 Å². The Morgan fingerprint density at radius 1 is 1.10 bits per heavy atom. The van der Waals surface area contributed by atoms with Gasteiger partial charge in [0.25, 0.3) is 0 Å². The first kappa shape index (κ1) is 15.4. The minimum atomic E-state index is 0. The molecule has 2 aromatic carbocycles. The van der Waals surface area contributed by atoms with Gasteiger partial charge >= 0.3 is 0 Å². The molecule has 3 rings (SSSR count). The van der Waals surface area contributed by atoms with Gasteiger partial charge in [-0.05, 0) is 29.7 Å². The molecule has 0 saturated carbocycles. The van der Waals surface area contributed by atoms with E-state index in [0.717, 1.165) is 36.3 Å². The first-order valence-electron chi connectivity index (χ1n) is 6.88. The zero-order valence-electron chi connectivity index (χ0n) is 11.7. The van der Waals surface area contributed by atoms with Crippen molar-refractivity contribution < 1.29 is 0 Å². The van der Waals surface area contributed by atoms with Crippen molar-refractivity contribution in [3.05, 3.63) is 54.1 Å². The lowest BCUT2D eigenvalue weighted by atomic mass is 10.0. The highest BCUT2D eigenvalue weighted by Crippen LogP contribution is 2.29. The third-order valence-corrected chi connectivity index (χ3v) is 3.79. The van der Waals surface area contributed by atoms with Gasteiger partial charge in [0, 0.05) is 19.1 Å². The molecule has 0 aliphatic carbocycles. The number of hydrogen-bond acceptors (Lipinski definition) is 3. The molecule has 0 bridgehead atoms. The van der Waals surface area contributed by atoms with Crippen LogP contribution in [0.15, 0.2) is 48.5 Å².